The molecule has 6 nitrogen and oxygen atoms in total. The minimum Gasteiger partial charge on any atom is -0.490 e. The number of ketones is 2. The first-order chi connectivity index (χ1) is 20.8. The summed E-state index contributed by atoms with van der Waals surface area (Å²) in [5, 5.41) is 1.09. The smallest absolute Gasteiger partial charge is 0.162 e. The Balaban J connectivity index is 1.61. The van der Waals surface area contributed by atoms with Gasteiger partial charge in [-0.2, -0.15) is 0 Å². The van der Waals surface area contributed by atoms with Crippen LogP contribution in [0.25, 0.3) is 0 Å². The molecule has 2 aliphatic carbocycles. The zero-order valence-corrected chi connectivity index (χ0v) is 28.2. The van der Waals surface area contributed by atoms with Crippen molar-refractivity contribution in [2.45, 2.75) is 79.2 Å². The van der Waals surface area contributed by atoms with Gasteiger partial charge in [0.05, 0.1) is 6.61 Å². The molecule has 1 aliphatic heterocycles. The van der Waals surface area contributed by atoms with Crippen molar-refractivity contribution in [3.8, 4) is 11.5 Å². The Hall–Kier alpha value is -2.80. The van der Waals surface area contributed by atoms with Gasteiger partial charge in [0.15, 0.2) is 23.1 Å². The molecule has 2 aromatic carbocycles. The van der Waals surface area contributed by atoms with Crippen LogP contribution in [0.1, 0.15) is 83.8 Å². The largest absolute Gasteiger partial charge is 0.490 e. The van der Waals surface area contributed by atoms with Crippen molar-refractivity contribution < 1.29 is 23.8 Å². The molecule has 0 atom stereocenters. The maximum Gasteiger partial charge on any atom is 0.162 e. The fourth-order valence-electron chi connectivity index (χ4n) is 6.90. The summed E-state index contributed by atoms with van der Waals surface area (Å²) in [7, 11) is 1.70. The van der Waals surface area contributed by atoms with Crippen molar-refractivity contribution >= 4 is 34.8 Å². The van der Waals surface area contributed by atoms with Gasteiger partial charge in [0.1, 0.15) is 6.61 Å². The number of benzene rings is 2. The van der Waals surface area contributed by atoms with E-state index < -0.39 is 5.92 Å². The van der Waals surface area contributed by atoms with E-state index in [2.05, 4.69) is 32.6 Å². The molecule has 8 heteroatoms. The van der Waals surface area contributed by atoms with Gasteiger partial charge in [-0.3, -0.25) is 9.59 Å². The van der Waals surface area contributed by atoms with E-state index >= 15 is 0 Å². The quantitative estimate of drug-likeness (QED) is 0.242. The zero-order chi connectivity index (χ0) is 31.8. The molecule has 0 N–H and O–H groups in total. The third-order valence-corrected chi connectivity index (χ3v) is 9.34. The summed E-state index contributed by atoms with van der Waals surface area (Å²) in [6.45, 7) is 12.5. The van der Waals surface area contributed by atoms with Gasteiger partial charge in [-0.1, -0.05) is 63.0 Å². The summed E-state index contributed by atoms with van der Waals surface area (Å²) in [6, 6.07) is 11.1. The normalized spacial score (nSPS) is 19.7. The molecule has 0 radical (unpaired) electrons. The van der Waals surface area contributed by atoms with Gasteiger partial charge in [-0.15, -0.1) is 0 Å². The number of hydrogen-bond acceptors (Lipinski definition) is 6. The SMILES string of the molecule is CCOc1cc(C2C3=C(CC(C)(C)CC3=O)N(CCCOC)C3=C2C(=O)CC(C)(C)C3)ccc1OCc1ccc(Cl)cc1Cl. The van der Waals surface area contributed by atoms with Crippen LogP contribution >= 0.6 is 23.2 Å². The lowest BCUT2D eigenvalue weighted by molar-refractivity contribution is -0.119. The highest BCUT2D eigenvalue weighted by Crippen LogP contribution is 2.55. The standard InChI is InChI=1S/C36H43Cl2NO5/c1-7-43-31-15-22(10-12-30(31)44-21-23-9-11-24(37)16-25(23)38)32-33-26(17-35(2,3)19-28(33)40)39(13-8-14-42-6)27-18-36(4,5)20-29(41)34(27)32/h9-12,15-16,32H,7-8,13-14,17-21H2,1-6H3. The summed E-state index contributed by atoms with van der Waals surface area (Å²) in [5.74, 6) is 0.892. The molecule has 0 spiro atoms. The summed E-state index contributed by atoms with van der Waals surface area (Å²) >= 11 is 12.5. The molecular formula is C36H43Cl2NO5. The molecule has 44 heavy (non-hydrogen) atoms. The number of halogens is 2. The van der Waals surface area contributed by atoms with Gasteiger partial charge in [-0.25, -0.2) is 0 Å². The monoisotopic (exact) mass is 639 g/mol. The number of nitrogens with zero attached hydrogens (tertiary/aromatic N) is 1. The second kappa shape index (κ2) is 12.9. The van der Waals surface area contributed by atoms with Crippen LogP contribution in [0.2, 0.25) is 10.0 Å². The minimum atomic E-state index is -0.454. The molecule has 0 saturated heterocycles. The molecule has 0 fully saturated rings. The zero-order valence-electron chi connectivity index (χ0n) is 26.6. The van der Waals surface area contributed by atoms with Gasteiger partial charge in [0, 0.05) is 77.2 Å². The summed E-state index contributed by atoms with van der Waals surface area (Å²) < 4.78 is 17.7. The van der Waals surface area contributed by atoms with E-state index in [-0.39, 0.29) is 29.0 Å². The number of ether oxygens (including phenoxy) is 3. The van der Waals surface area contributed by atoms with Crippen LogP contribution in [0.4, 0.5) is 0 Å². The lowest BCUT2D eigenvalue weighted by atomic mass is 9.63. The Morgan fingerprint density at radius 2 is 1.48 bits per heavy atom. The lowest BCUT2D eigenvalue weighted by Gasteiger charge is -2.49. The van der Waals surface area contributed by atoms with E-state index in [0.29, 0.717) is 54.1 Å². The second-order valence-corrected chi connectivity index (χ2v) is 14.5. The molecule has 2 aromatic rings. The number of carbonyl (C=O) groups excluding carboxylic acids is 2. The van der Waals surface area contributed by atoms with Crippen molar-refractivity contribution in [2.75, 3.05) is 26.9 Å². The summed E-state index contributed by atoms with van der Waals surface area (Å²) in [4.78, 5) is 30.5. The van der Waals surface area contributed by atoms with E-state index in [0.717, 1.165) is 52.9 Å². The van der Waals surface area contributed by atoms with Gasteiger partial charge in [0.2, 0.25) is 0 Å². The molecule has 5 rings (SSSR count). The van der Waals surface area contributed by atoms with Crippen molar-refractivity contribution in [1.29, 1.82) is 0 Å². The first kappa shape index (κ1) is 32.6. The molecule has 0 amide bonds. The van der Waals surface area contributed by atoms with E-state index in [9.17, 15) is 9.59 Å². The molecule has 1 heterocycles. The number of Topliss-reactive ketones (excluding diaryl/α,β-unsaturated/α-hetero) is 2. The molecule has 0 unspecified atom stereocenters. The number of carbonyl (C=O) groups is 2. The predicted octanol–water partition coefficient (Wildman–Crippen LogP) is 8.69. The van der Waals surface area contributed by atoms with Gasteiger partial charge in [-0.05, 0) is 66.8 Å². The molecule has 236 valence electrons. The lowest BCUT2D eigenvalue weighted by Crippen LogP contribution is -2.44. The highest BCUT2D eigenvalue weighted by Gasteiger charge is 2.49. The van der Waals surface area contributed by atoms with Crippen LogP contribution < -0.4 is 9.47 Å². The molecule has 0 bridgehead atoms. The van der Waals surface area contributed by atoms with Gasteiger partial charge >= 0.3 is 0 Å². The van der Waals surface area contributed by atoms with Crippen molar-refractivity contribution in [2.24, 2.45) is 10.8 Å². The van der Waals surface area contributed by atoms with Crippen LogP contribution in [0.5, 0.6) is 11.5 Å². The highest BCUT2D eigenvalue weighted by molar-refractivity contribution is 6.35. The topological polar surface area (TPSA) is 65.1 Å². The maximum absolute atomic E-state index is 14.1. The predicted molar refractivity (Wildman–Crippen MR) is 174 cm³/mol. The molecule has 0 aromatic heterocycles. The van der Waals surface area contributed by atoms with Crippen molar-refractivity contribution in [3.05, 3.63) is 80.1 Å². The van der Waals surface area contributed by atoms with Crippen LogP contribution in [-0.2, 0) is 20.9 Å². The summed E-state index contributed by atoms with van der Waals surface area (Å²) in [5.41, 5.74) is 4.91. The third-order valence-electron chi connectivity index (χ3n) is 8.75. The Morgan fingerprint density at radius 1 is 0.841 bits per heavy atom. The Labute approximate surface area is 271 Å². The number of rotatable bonds is 10. The number of methoxy groups -OCH3 is 1. The van der Waals surface area contributed by atoms with Gasteiger partial charge in [0.25, 0.3) is 0 Å². The van der Waals surface area contributed by atoms with Crippen LogP contribution in [0, 0.1) is 10.8 Å². The first-order valence-corrected chi connectivity index (χ1v) is 16.2. The first-order valence-electron chi connectivity index (χ1n) is 15.5. The van der Waals surface area contributed by atoms with Crippen molar-refractivity contribution in [1.82, 2.24) is 4.90 Å². The fourth-order valence-corrected chi connectivity index (χ4v) is 7.37. The van der Waals surface area contributed by atoms with E-state index in [1.807, 2.05) is 31.2 Å². The van der Waals surface area contributed by atoms with E-state index in [1.165, 1.54) is 0 Å². The second-order valence-electron chi connectivity index (χ2n) is 13.7. The highest BCUT2D eigenvalue weighted by atomic mass is 35.5. The Bertz CT molecular complexity index is 1470. The summed E-state index contributed by atoms with van der Waals surface area (Å²) in [6.07, 6.45) is 3.22. The number of hydrogen-bond donors (Lipinski definition) is 0. The number of allylic oxidation sites excluding steroid dienone is 4. The Morgan fingerprint density at radius 3 is 2.05 bits per heavy atom. The van der Waals surface area contributed by atoms with Crippen molar-refractivity contribution in [3.63, 3.8) is 0 Å². The van der Waals surface area contributed by atoms with Crippen LogP contribution in [0.15, 0.2) is 58.9 Å². The average Bonchev–Trinajstić information content (AvgIpc) is 2.92. The van der Waals surface area contributed by atoms with E-state index in [1.54, 1.807) is 19.2 Å². The fraction of sp³-hybridized carbons (Fsp3) is 0.500. The minimum absolute atomic E-state index is 0.109. The van der Waals surface area contributed by atoms with Crippen LogP contribution in [-0.4, -0.2) is 43.3 Å². The van der Waals surface area contributed by atoms with Crippen LogP contribution in [0.3, 0.4) is 0 Å². The van der Waals surface area contributed by atoms with Gasteiger partial charge < -0.3 is 19.1 Å². The molecule has 0 saturated carbocycles. The Kier molecular flexibility index (Phi) is 9.55. The van der Waals surface area contributed by atoms with E-state index in [4.69, 9.17) is 37.4 Å². The average molecular weight is 641 g/mol. The third kappa shape index (κ3) is 6.73. The molecule has 3 aliphatic rings. The molecular weight excluding hydrogens is 597 g/mol. The maximum atomic E-state index is 14.1.